The molecule has 2 aliphatic carbocycles. The summed E-state index contributed by atoms with van der Waals surface area (Å²) in [6, 6.07) is 8.38. The van der Waals surface area contributed by atoms with E-state index in [1.807, 2.05) is 12.1 Å². The molecule has 0 spiro atoms. The smallest absolute Gasteiger partial charge is 0.119 e. The van der Waals surface area contributed by atoms with Crippen LogP contribution in [0.4, 0.5) is 0 Å². The molecule has 2 aromatic rings. The van der Waals surface area contributed by atoms with Crippen LogP contribution in [0.5, 0.6) is 11.5 Å². The zero-order valence-electron chi connectivity index (χ0n) is 17.4. The zero-order chi connectivity index (χ0) is 19.7. The van der Waals surface area contributed by atoms with Gasteiger partial charge >= 0.3 is 0 Å². The van der Waals surface area contributed by atoms with Crippen LogP contribution in [0.15, 0.2) is 24.3 Å². The van der Waals surface area contributed by atoms with Crippen molar-refractivity contribution in [2.45, 2.75) is 89.9 Å². The number of benzene rings is 2. The Labute approximate surface area is 169 Å². The highest BCUT2D eigenvalue weighted by atomic mass is 16.3. The van der Waals surface area contributed by atoms with Crippen LogP contribution in [0.25, 0.3) is 11.1 Å². The average Bonchev–Trinajstić information content (AvgIpc) is 2.70. The van der Waals surface area contributed by atoms with Crippen LogP contribution in [-0.4, -0.2) is 10.2 Å². The monoisotopic (exact) mass is 378 g/mol. The lowest BCUT2D eigenvalue weighted by Crippen LogP contribution is -2.07. The fraction of sp³-hybridized carbons (Fsp3) is 0.538. The summed E-state index contributed by atoms with van der Waals surface area (Å²) in [4.78, 5) is 0. The molecule has 0 unspecified atom stereocenters. The molecule has 2 N–H and O–H groups in total. The number of phenols is 2. The molecule has 0 saturated heterocycles. The second-order valence-corrected chi connectivity index (χ2v) is 9.12. The molecular formula is C26H34O2. The third-order valence-corrected chi connectivity index (χ3v) is 7.13. The Hall–Kier alpha value is -1.96. The van der Waals surface area contributed by atoms with Gasteiger partial charge in [-0.25, -0.2) is 0 Å². The van der Waals surface area contributed by atoms with Crippen molar-refractivity contribution in [3.63, 3.8) is 0 Å². The normalized spacial score (nSPS) is 19.1. The number of rotatable bonds is 3. The fourth-order valence-corrected chi connectivity index (χ4v) is 5.48. The molecule has 0 bridgehead atoms. The molecule has 0 amide bonds. The highest BCUT2D eigenvalue weighted by Crippen LogP contribution is 2.44. The van der Waals surface area contributed by atoms with E-state index in [1.165, 1.54) is 75.3 Å². The van der Waals surface area contributed by atoms with Crippen molar-refractivity contribution in [3.8, 4) is 22.6 Å². The molecule has 0 aliphatic heterocycles. The van der Waals surface area contributed by atoms with Crippen molar-refractivity contribution in [2.24, 2.45) is 0 Å². The van der Waals surface area contributed by atoms with Gasteiger partial charge in [0.1, 0.15) is 11.5 Å². The number of hydrogen-bond acceptors (Lipinski definition) is 2. The van der Waals surface area contributed by atoms with E-state index >= 15 is 0 Å². The number of aryl methyl sites for hydroxylation is 2. The van der Waals surface area contributed by atoms with Crippen molar-refractivity contribution in [3.05, 3.63) is 46.5 Å². The van der Waals surface area contributed by atoms with Crippen LogP contribution < -0.4 is 0 Å². The summed E-state index contributed by atoms with van der Waals surface area (Å²) in [7, 11) is 0. The molecule has 150 valence electrons. The predicted octanol–water partition coefficient (Wildman–Crippen LogP) is 7.48. The molecular weight excluding hydrogens is 344 g/mol. The Morgan fingerprint density at radius 1 is 0.571 bits per heavy atom. The SMILES string of the molecule is Cc1cc(O)c(C2CCCCC2)cc1-c1cc(C2CCCCC2)c(O)cc1C. The summed E-state index contributed by atoms with van der Waals surface area (Å²) >= 11 is 0. The van der Waals surface area contributed by atoms with Crippen molar-refractivity contribution < 1.29 is 10.2 Å². The van der Waals surface area contributed by atoms with Gasteiger partial charge in [-0.1, -0.05) is 38.5 Å². The Morgan fingerprint density at radius 3 is 1.29 bits per heavy atom. The third-order valence-electron chi connectivity index (χ3n) is 7.13. The first kappa shape index (κ1) is 19.4. The number of hydrogen-bond donors (Lipinski definition) is 2. The van der Waals surface area contributed by atoms with E-state index < -0.39 is 0 Å². The minimum absolute atomic E-state index is 0.456. The molecule has 0 radical (unpaired) electrons. The van der Waals surface area contributed by atoms with Gasteiger partial charge in [0.25, 0.3) is 0 Å². The molecule has 2 nitrogen and oxygen atoms in total. The molecule has 2 aromatic carbocycles. The topological polar surface area (TPSA) is 40.5 Å². The average molecular weight is 379 g/mol. The van der Waals surface area contributed by atoms with Crippen LogP contribution in [-0.2, 0) is 0 Å². The molecule has 28 heavy (non-hydrogen) atoms. The van der Waals surface area contributed by atoms with E-state index in [2.05, 4.69) is 26.0 Å². The van der Waals surface area contributed by atoms with Gasteiger partial charge < -0.3 is 10.2 Å². The summed E-state index contributed by atoms with van der Waals surface area (Å²) in [6.45, 7) is 4.18. The van der Waals surface area contributed by atoms with E-state index in [-0.39, 0.29) is 0 Å². The fourth-order valence-electron chi connectivity index (χ4n) is 5.48. The second kappa shape index (κ2) is 8.19. The van der Waals surface area contributed by atoms with E-state index in [1.54, 1.807) is 0 Å². The largest absolute Gasteiger partial charge is 0.508 e. The van der Waals surface area contributed by atoms with Crippen molar-refractivity contribution in [1.29, 1.82) is 0 Å². The van der Waals surface area contributed by atoms with Gasteiger partial charge in [-0.15, -0.1) is 0 Å². The highest BCUT2D eigenvalue weighted by Gasteiger charge is 2.23. The van der Waals surface area contributed by atoms with Crippen molar-refractivity contribution in [1.82, 2.24) is 0 Å². The summed E-state index contributed by atoms with van der Waals surface area (Å²) in [5, 5.41) is 21.3. The number of aromatic hydroxyl groups is 2. The molecule has 0 heterocycles. The first-order valence-corrected chi connectivity index (χ1v) is 11.2. The standard InChI is InChI=1S/C26H34O2/c1-17-13-25(27)23(19-9-5-3-6-10-19)15-21(17)22-16-24(26(28)14-18(22)2)20-11-7-4-8-12-20/h13-16,19-20,27-28H,3-12H2,1-2H3. The van der Waals surface area contributed by atoms with E-state index in [0.29, 0.717) is 23.3 Å². The predicted molar refractivity (Wildman–Crippen MR) is 116 cm³/mol. The Balaban J connectivity index is 1.77. The summed E-state index contributed by atoms with van der Waals surface area (Å²) in [5.41, 5.74) is 6.89. The van der Waals surface area contributed by atoms with Gasteiger partial charge in [-0.05, 0) is 109 Å². The molecule has 2 heteroatoms. The lowest BCUT2D eigenvalue weighted by Gasteiger charge is -2.26. The molecule has 2 fully saturated rings. The third kappa shape index (κ3) is 3.79. The summed E-state index contributed by atoms with van der Waals surface area (Å²) in [6.07, 6.45) is 12.4. The maximum atomic E-state index is 10.6. The van der Waals surface area contributed by atoms with Crippen LogP contribution in [0.1, 0.15) is 98.3 Å². The minimum Gasteiger partial charge on any atom is -0.508 e. The van der Waals surface area contributed by atoms with Crippen LogP contribution in [0, 0.1) is 13.8 Å². The first-order valence-electron chi connectivity index (χ1n) is 11.2. The molecule has 0 aromatic heterocycles. The maximum absolute atomic E-state index is 10.6. The molecule has 4 rings (SSSR count). The van der Waals surface area contributed by atoms with Gasteiger partial charge in [0, 0.05) is 0 Å². The quantitative estimate of drug-likeness (QED) is 0.581. The van der Waals surface area contributed by atoms with Gasteiger partial charge in [0.05, 0.1) is 0 Å². The lowest BCUT2D eigenvalue weighted by atomic mass is 9.80. The van der Waals surface area contributed by atoms with Gasteiger partial charge in [0.15, 0.2) is 0 Å². The van der Waals surface area contributed by atoms with E-state index in [4.69, 9.17) is 0 Å². The minimum atomic E-state index is 0.456. The van der Waals surface area contributed by atoms with Crippen LogP contribution in [0.2, 0.25) is 0 Å². The van der Waals surface area contributed by atoms with Gasteiger partial charge in [-0.2, -0.15) is 0 Å². The van der Waals surface area contributed by atoms with Crippen molar-refractivity contribution in [2.75, 3.05) is 0 Å². The van der Waals surface area contributed by atoms with E-state index in [9.17, 15) is 10.2 Å². The number of phenolic OH excluding ortho intramolecular Hbond substituents is 2. The van der Waals surface area contributed by atoms with Crippen LogP contribution in [0.3, 0.4) is 0 Å². The first-order chi connectivity index (χ1) is 13.5. The Morgan fingerprint density at radius 2 is 0.929 bits per heavy atom. The van der Waals surface area contributed by atoms with Gasteiger partial charge in [-0.3, -0.25) is 0 Å². The second-order valence-electron chi connectivity index (χ2n) is 9.12. The lowest BCUT2D eigenvalue weighted by molar-refractivity contribution is 0.413. The van der Waals surface area contributed by atoms with Crippen molar-refractivity contribution >= 4 is 0 Å². The van der Waals surface area contributed by atoms with E-state index in [0.717, 1.165) is 22.3 Å². The highest BCUT2D eigenvalue weighted by molar-refractivity contribution is 5.74. The zero-order valence-corrected chi connectivity index (χ0v) is 17.4. The summed E-state index contributed by atoms with van der Waals surface area (Å²) in [5.74, 6) is 1.86. The Bertz CT molecular complexity index is 768. The van der Waals surface area contributed by atoms with Gasteiger partial charge in [0.2, 0.25) is 0 Å². The Kier molecular flexibility index (Phi) is 5.66. The molecule has 2 saturated carbocycles. The van der Waals surface area contributed by atoms with Crippen LogP contribution >= 0.6 is 0 Å². The maximum Gasteiger partial charge on any atom is 0.119 e. The molecule has 0 atom stereocenters. The summed E-state index contributed by atoms with van der Waals surface area (Å²) < 4.78 is 0. The molecule has 2 aliphatic rings.